The largest absolute Gasteiger partial charge is 0.497 e. The number of hydrogen-bond acceptors (Lipinski definition) is 4. The van der Waals surface area contributed by atoms with Crippen LogP contribution in [0.25, 0.3) is 0 Å². The number of ether oxygens (including phenoxy) is 2. The first kappa shape index (κ1) is 24.3. The molecule has 1 aromatic carbocycles. The molecule has 1 aromatic heterocycles. The number of likely N-dealkylation sites (tertiary alicyclic amines) is 1. The second-order valence-corrected chi connectivity index (χ2v) is 7.45. The summed E-state index contributed by atoms with van der Waals surface area (Å²) in [5.41, 5.74) is 1.11. The molecule has 1 aliphatic heterocycles. The van der Waals surface area contributed by atoms with E-state index in [9.17, 15) is 0 Å². The molecule has 8 heteroatoms. The van der Waals surface area contributed by atoms with E-state index in [-0.39, 0.29) is 24.0 Å². The smallest absolute Gasteiger partial charge is 0.193 e. The number of halogens is 1. The lowest BCUT2D eigenvalue weighted by atomic mass is 9.93. The van der Waals surface area contributed by atoms with Gasteiger partial charge in [-0.05, 0) is 49.4 Å². The summed E-state index contributed by atoms with van der Waals surface area (Å²) in [4.78, 5) is 11.5. The molecule has 2 heterocycles. The zero-order valence-electron chi connectivity index (χ0n) is 18.4. The monoisotopic (exact) mass is 527 g/mol. The fraction of sp³-hybridized carbons (Fsp3) is 0.545. The standard InChI is InChI=1S/C22H33N5O2.HI/c1-5-24-22(25-10-8-18-14-19(28-3)6-7-21(18)29-4)26-12-9-17(2)20(15-26)27-13-11-23-16-27;/h6-7,11,13-14,16-17,20H,5,8-10,12,15H2,1-4H3,(H,24,25);1H. The lowest BCUT2D eigenvalue weighted by molar-refractivity contribution is 0.189. The van der Waals surface area contributed by atoms with Crippen molar-refractivity contribution >= 4 is 29.9 Å². The van der Waals surface area contributed by atoms with Crippen LogP contribution in [0.3, 0.4) is 0 Å². The highest BCUT2D eigenvalue weighted by atomic mass is 127. The molecular formula is C22H34IN5O2. The molecule has 2 aromatic rings. The quantitative estimate of drug-likeness (QED) is 0.339. The van der Waals surface area contributed by atoms with Crippen molar-refractivity contribution in [3.63, 3.8) is 0 Å². The Morgan fingerprint density at radius 1 is 1.30 bits per heavy atom. The third kappa shape index (κ3) is 6.02. The van der Waals surface area contributed by atoms with Gasteiger partial charge in [0.2, 0.25) is 0 Å². The Morgan fingerprint density at radius 3 is 2.80 bits per heavy atom. The molecule has 2 atom stereocenters. The summed E-state index contributed by atoms with van der Waals surface area (Å²) in [7, 11) is 3.38. The Kier molecular flexibility index (Phi) is 9.74. The number of rotatable bonds is 7. The van der Waals surface area contributed by atoms with E-state index in [0.717, 1.165) is 55.5 Å². The summed E-state index contributed by atoms with van der Waals surface area (Å²) in [5.74, 6) is 3.30. The number of hydrogen-bond donors (Lipinski definition) is 1. The zero-order valence-corrected chi connectivity index (χ0v) is 20.7. The second kappa shape index (κ2) is 12.0. The molecule has 3 rings (SSSR count). The van der Waals surface area contributed by atoms with Gasteiger partial charge >= 0.3 is 0 Å². The summed E-state index contributed by atoms with van der Waals surface area (Å²) in [5, 5.41) is 3.47. The van der Waals surface area contributed by atoms with Crippen LogP contribution in [0.4, 0.5) is 0 Å². The Hall–Kier alpha value is -1.97. The van der Waals surface area contributed by atoms with Crippen molar-refractivity contribution in [2.45, 2.75) is 32.7 Å². The average Bonchev–Trinajstić information content (AvgIpc) is 3.28. The van der Waals surface area contributed by atoms with Crippen molar-refractivity contribution in [1.82, 2.24) is 19.8 Å². The molecule has 0 radical (unpaired) electrons. The van der Waals surface area contributed by atoms with Crippen molar-refractivity contribution < 1.29 is 9.47 Å². The van der Waals surface area contributed by atoms with Gasteiger partial charge in [-0.25, -0.2) is 4.98 Å². The van der Waals surface area contributed by atoms with Gasteiger partial charge < -0.3 is 24.3 Å². The van der Waals surface area contributed by atoms with Crippen molar-refractivity contribution in [3.8, 4) is 11.5 Å². The third-order valence-electron chi connectivity index (χ3n) is 5.59. The Labute approximate surface area is 196 Å². The molecule has 30 heavy (non-hydrogen) atoms. The van der Waals surface area contributed by atoms with Crippen LogP contribution in [0.2, 0.25) is 0 Å². The minimum atomic E-state index is 0. The summed E-state index contributed by atoms with van der Waals surface area (Å²) >= 11 is 0. The van der Waals surface area contributed by atoms with E-state index < -0.39 is 0 Å². The molecule has 0 aliphatic carbocycles. The number of methoxy groups -OCH3 is 2. The van der Waals surface area contributed by atoms with Gasteiger partial charge in [-0.15, -0.1) is 24.0 Å². The SMILES string of the molecule is CCNC(=NCCc1cc(OC)ccc1OC)N1CCC(C)C(n2ccnc2)C1.I. The number of nitrogens with zero attached hydrogens (tertiary/aromatic N) is 4. The normalized spacial score (nSPS) is 19.2. The number of aromatic nitrogens is 2. The van der Waals surface area contributed by atoms with Gasteiger partial charge in [0.15, 0.2) is 5.96 Å². The van der Waals surface area contributed by atoms with Crippen LogP contribution in [0.1, 0.15) is 31.9 Å². The van der Waals surface area contributed by atoms with E-state index in [1.807, 2.05) is 30.7 Å². The van der Waals surface area contributed by atoms with Crippen molar-refractivity contribution in [2.24, 2.45) is 10.9 Å². The summed E-state index contributed by atoms with van der Waals surface area (Å²) in [6.07, 6.45) is 7.77. The van der Waals surface area contributed by atoms with Gasteiger partial charge in [-0.3, -0.25) is 4.99 Å². The summed E-state index contributed by atoms with van der Waals surface area (Å²) < 4.78 is 13.1. The summed E-state index contributed by atoms with van der Waals surface area (Å²) in [6, 6.07) is 6.30. The van der Waals surface area contributed by atoms with Crippen LogP contribution in [-0.4, -0.2) is 60.8 Å². The number of imidazole rings is 1. The minimum Gasteiger partial charge on any atom is -0.497 e. The molecule has 1 saturated heterocycles. The fourth-order valence-electron chi connectivity index (χ4n) is 3.88. The first-order valence-corrected chi connectivity index (χ1v) is 10.4. The predicted molar refractivity (Wildman–Crippen MR) is 131 cm³/mol. The maximum absolute atomic E-state index is 5.49. The molecule has 0 spiro atoms. The first-order valence-electron chi connectivity index (χ1n) is 10.4. The molecule has 2 unspecified atom stereocenters. The molecule has 1 aliphatic rings. The van der Waals surface area contributed by atoms with Crippen LogP contribution >= 0.6 is 24.0 Å². The third-order valence-corrected chi connectivity index (χ3v) is 5.59. The van der Waals surface area contributed by atoms with Gasteiger partial charge in [-0.1, -0.05) is 6.92 Å². The van der Waals surface area contributed by atoms with E-state index >= 15 is 0 Å². The second-order valence-electron chi connectivity index (χ2n) is 7.45. The fourth-order valence-corrected chi connectivity index (χ4v) is 3.88. The number of guanidine groups is 1. The molecule has 1 N–H and O–H groups in total. The van der Waals surface area contributed by atoms with Crippen LogP contribution in [0.5, 0.6) is 11.5 Å². The highest BCUT2D eigenvalue weighted by molar-refractivity contribution is 14.0. The van der Waals surface area contributed by atoms with Gasteiger partial charge in [-0.2, -0.15) is 0 Å². The van der Waals surface area contributed by atoms with Crippen LogP contribution in [-0.2, 0) is 6.42 Å². The maximum Gasteiger partial charge on any atom is 0.193 e. The molecule has 1 fully saturated rings. The van der Waals surface area contributed by atoms with Crippen LogP contribution in [0.15, 0.2) is 41.9 Å². The first-order chi connectivity index (χ1) is 14.2. The summed E-state index contributed by atoms with van der Waals surface area (Å²) in [6.45, 7) is 7.92. The van der Waals surface area contributed by atoms with Gasteiger partial charge in [0.05, 0.1) is 26.6 Å². The number of nitrogens with one attached hydrogen (secondary N) is 1. The number of piperidine rings is 1. The van der Waals surface area contributed by atoms with E-state index in [0.29, 0.717) is 18.5 Å². The van der Waals surface area contributed by atoms with Crippen LogP contribution < -0.4 is 14.8 Å². The average molecular weight is 527 g/mol. The van der Waals surface area contributed by atoms with Crippen molar-refractivity contribution in [3.05, 3.63) is 42.5 Å². The Morgan fingerprint density at radius 2 is 2.13 bits per heavy atom. The highest BCUT2D eigenvalue weighted by Crippen LogP contribution is 2.28. The molecule has 0 saturated carbocycles. The topological polar surface area (TPSA) is 63.9 Å². The Bertz CT molecular complexity index is 797. The minimum absolute atomic E-state index is 0. The number of benzene rings is 1. The maximum atomic E-state index is 5.49. The molecule has 166 valence electrons. The Balaban J connectivity index is 0.00000320. The van der Waals surface area contributed by atoms with E-state index in [4.69, 9.17) is 14.5 Å². The van der Waals surface area contributed by atoms with Gasteiger partial charge in [0.1, 0.15) is 11.5 Å². The van der Waals surface area contributed by atoms with Gasteiger partial charge in [0, 0.05) is 38.6 Å². The molecule has 7 nitrogen and oxygen atoms in total. The molecule has 0 bridgehead atoms. The molecule has 0 amide bonds. The highest BCUT2D eigenvalue weighted by Gasteiger charge is 2.28. The lowest BCUT2D eigenvalue weighted by Gasteiger charge is -2.39. The zero-order chi connectivity index (χ0) is 20.6. The van der Waals surface area contributed by atoms with E-state index in [1.54, 1.807) is 14.2 Å². The predicted octanol–water partition coefficient (Wildman–Crippen LogP) is 3.61. The lowest BCUT2D eigenvalue weighted by Crippen LogP contribution is -2.49. The van der Waals surface area contributed by atoms with Crippen molar-refractivity contribution in [2.75, 3.05) is 40.4 Å². The number of aliphatic imine (C=N–C) groups is 1. The van der Waals surface area contributed by atoms with E-state index in [2.05, 4.69) is 39.8 Å². The van der Waals surface area contributed by atoms with E-state index in [1.165, 1.54) is 0 Å². The van der Waals surface area contributed by atoms with Gasteiger partial charge in [0.25, 0.3) is 0 Å². The van der Waals surface area contributed by atoms with Crippen molar-refractivity contribution in [1.29, 1.82) is 0 Å². The molecular weight excluding hydrogens is 493 g/mol. The van der Waals surface area contributed by atoms with Crippen LogP contribution in [0, 0.1) is 5.92 Å².